The van der Waals surface area contributed by atoms with Crippen LogP contribution < -0.4 is 0 Å². The average Bonchev–Trinajstić information content (AvgIpc) is 3.61. The molecule has 0 bridgehead atoms. The lowest BCUT2D eigenvalue weighted by molar-refractivity contribution is 0.666. The van der Waals surface area contributed by atoms with Gasteiger partial charge >= 0.3 is 0 Å². The standard InChI is InChI=1S/C36H21N3O/c1-2-11-23(12-3-1)33-35-34(27-16-8-9-17-31(27)40-35)38-36(37-33)39-29-19-18-22-10-6-7-15-26(22)32(29)28-20-24-13-4-5-14-25(24)21-30(28)39/h1-21H/i1D,2D,3D,11D,12D. The molecule has 0 radical (unpaired) electrons. The lowest BCUT2D eigenvalue weighted by Crippen LogP contribution is -2.03. The maximum Gasteiger partial charge on any atom is 0.236 e. The van der Waals surface area contributed by atoms with Crippen molar-refractivity contribution in [2.45, 2.75) is 0 Å². The molecule has 0 aliphatic heterocycles. The summed E-state index contributed by atoms with van der Waals surface area (Å²) in [6.07, 6.45) is 0. The molecule has 0 spiro atoms. The third kappa shape index (κ3) is 2.96. The van der Waals surface area contributed by atoms with Crippen LogP contribution in [0.1, 0.15) is 6.85 Å². The van der Waals surface area contributed by atoms with Gasteiger partial charge in [-0.05, 0) is 51.9 Å². The second-order valence-corrected chi connectivity index (χ2v) is 9.88. The maximum atomic E-state index is 8.79. The first-order valence-corrected chi connectivity index (χ1v) is 13.0. The molecular formula is C36H21N3O. The third-order valence-electron chi connectivity index (χ3n) is 7.67. The van der Waals surface area contributed by atoms with Gasteiger partial charge in [0.25, 0.3) is 0 Å². The highest BCUT2D eigenvalue weighted by Gasteiger charge is 2.22. The molecule has 0 saturated carbocycles. The minimum Gasteiger partial charge on any atom is -0.452 e. The number of hydrogen-bond acceptors (Lipinski definition) is 3. The summed E-state index contributed by atoms with van der Waals surface area (Å²) in [5.41, 5.74) is 3.19. The molecule has 40 heavy (non-hydrogen) atoms. The number of nitrogens with zero attached hydrogens (tertiary/aromatic N) is 3. The third-order valence-corrected chi connectivity index (χ3v) is 7.67. The van der Waals surface area contributed by atoms with Crippen molar-refractivity contribution in [2.24, 2.45) is 0 Å². The highest BCUT2D eigenvalue weighted by molar-refractivity contribution is 6.23. The number of hydrogen-bond donors (Lipinski definition) is 0. The predicted octanol–water partition coefficient (Wildman–Crippen LogP) is 9.45. The molecule has 9 aromatic rings. The van der Waals surface area contributed by atoms with Gasteiger partial charge in [-0.15, -0.1) is 0 Å². The maximum absolute atomic E-state index is 8.79. The second-order valence-electron chi connectivity index (χ2n) is 9.88. The Bertz CT molecular complexity index is 2700. The fourth-order valence-electron chi connectivity index (χ4n) is 5.91. The SMILES string of the molecule is [2H]c1c([2H])c([2H])c(-c2nc(-n3c4cc5ccccc5cc4c4c5ccccc5ccc43)nc3c2oc2ccccc23)c([2H])c1[2H]. The molecule has 0 aliphatic rings. The van der Waals surface area contributed by atoms with Gasteiger partial charge in [0, 0.05) is 21.7 Å². The van der Waals surface area contributed by atoms with Crippen molar-refractivity contribution >= 4 is 65.4 Å². The summed E-state index contributed by atoms with van der Waals surface area (Å²) in [5.74, 6) is 0.307. The van der Waals surface area contributed by atoms with Gasteiger partial charge in [0.15, 0.2) is 5.58 Å². The zero-order valence-electron chi connectivity index (χ0n) is 26.0. The van der Waals surface area contributed by atoms with Crippen LogP contribution in [0.25, 0.3) is 82.6 Å². The Kier molecular flexibility index (Phi) is 3.44. The minimum atomic E-state index is -0.468. The molecular weight excluding hydrogens is 490 g/mol. The number of aromatic nitrogens is 3. The summed E-state index contributed by atoms with van der Waals surface area (Å²) in [6, 6.07) is 30.3. The van der Waals surface area contributed by atoms with E-state index in [1.807, 2.05) is 53.1 Å². The van der Waals surface area contributed by atoms with E-state index in [1.54, 1.807) is 0 Å². The number of para-hydroxylation sites is 1. The molecule has 0 amide bonds. The van der Waals surface area contributed by atoms with Crippen molar-refractivity contribution in [3.8, 4) is 17.2 Å². The Labute approximate surface area is 235 Å². The topological polar surface area (TPSA) is 43.9 Å². The van der Waals surface area contributed by atoms with Gasteiger partial charge in [0.05, 0.1) is 17.9 Å². The highest BCUT2D eigenvalue weighted by atomic mass is 16.3. The van der Waals surface area contributed by atoms with Gasteiger partial charge in [-0.1, -0.05) is 96.9 Å². The van der Waals surface area contributed by atoms with E-state index in [4.69, 9.17) is 21.2 Å². The Morgan fingerprint density at radius 3 is 2.20 bits per heavy atom. The van der Waals surface area contributed by atoms with Gasteiger partial charge in [-0.25, -0.2) is 9.97 Å². The molecule has 0 saturated heterocycles. The van der Waals surface area contributed by atoms with E-state index in [2.05, 4.69) is 48.5 Å². The van der Waals surface area contributed by atoms with Crippen LogP contribution in [0.5, 0.6) is 0 Å². The van der Waals surface area contributed by atoms with Gasteiger partial charge in [-0.3, -0.25) is 4.57 Å². The first-order valence-electron chi connectivity index (χ1n) is 15.5. The highest BCUT2D eigenvalue weighted by Crippen LogP contribution is 2.40. The van der Waals surface area contributed by atoms with E-state index in [0.717, 1.165) is 48.7 Å². The van der Waals surface area contributed by atoms with Crippen LogP contribution in [0.3, 0.4) is 0 Å². The van der Waals surface area contributed by atoms with Crippen LogP contribution >= 0.6 is 0 Å². The minimum absolute atomic E-state index is 0.0367. The van der Waals surface area contributed by atoms with Crippen LogP contribution in [0.2, 0.25) is 0 Å². The molecule has 3 heterocycles. The normalized spacial score (nSPS) is 13.8. The van der Waals surface area contributed by atoms with E-state index in [-0.39, 0.29) is 28.9 Å². The summed E-state index contributed by atoms with van der Waals surface area (Å²) >= 11 is 0. The van der Waals surface area contributed by atoms with Crippen molar-refractivity contribution in [1.29, 1.82) is 0 Å². The molecule has 6 aromatic carbocycles. The fourth-order valence-corrected chi connectivity index (χ4v) is 5.91. The van der Waals surface area contributed by atoms with Crippen LogP contribution in [-0.2, 0) is 0 Å². The first kappa shape index (κ1) is 17.2. The van der Waals surface area contributed by atoms with E-state index in [0.29, 0.717) is 17.0 Å². The lowest BCUT2D eigenvalue weighted by Gasteiger charge is -2.10. The van der Waals surface area contributed by atoms with Crippen molar-refractivity contribution in [3.63, 3.8) is 0 Å². The number of benzene rings is 6. The Morgan fingerprint density at radius 2 is 1.35 bits per heavy atom. The number of fused-ring (bicyclic) bond motifs is 9. The monoisotopic (exact) mass is 516 g/mol. The van der Waals surface area contributed by atoms with Crippen molar-refractivity contribution in [1.82, 2.24) is 14.5 Å². The van der Waals surface area contributed by atoms with Crippen LogP contribution in [0, 0.1) is 0 Å². The Balaban J connectivity index is 1.50. The quantitative estimate of drug-likeness (QED) is 0.230. The molecule has 0 atom stereocenters. The molecule has 9 rings (SSSR count). The molecule has 0 fully saturated rings. The largest absolute Gasteiger partial charge is 0.452 e. The van der Waals surface area contributed by atoms with Gasteiger partial charge < -0.3 is 4.42 Å². The van der Waals surface area contributed by atoms with Crippen molar-refractivity contribution in [3.05, 3.63) is 127 Å². The summed E-state index contributed by atoms with van der Waals surface area (Å²) in [6.45, 7) is 0. The summed E-state index contributed by atoms with van der Waals surface area (Å²) in [5, 5.41) is 7.18. The average molecular weight is 517 g/mol. The molecule has 4 nitrogen and oxygen atoms in total. The van der Waals surface area contributed by atoms with Crippen LogP contribution in [0.4, 0.5) is 0 Å². The molecule has 0 aliphatic carbocycles. The predicted molar refractivity (Wildman–Crippen MR) is 164 cm³/mol. The van der Waals surface area contributed by atoms with Crippen molar-refractivity contribution in [2.75, 3.05) is 0 Å². The van der Waals surface area contributed by atoms with E-state index in [1.165, 1.54) is 0 Å². The first-order chi connectivity index (χ1) is 21.9. The zero-order valence-corrected chi connectivity index (χ0v) is 21.0. The van der Waals surface area contributed by atoms with E-state index in [9.17, 15) is 0 Å². The van der Waals surface area contributed by atoms with Crippen LogP contribution in [-0.4, -0.2) is 14.5 Å². The molecule has 4 heteroatoms. The smallest absolute Gasteiger partial charge is 0.236 e. The molecule has 0 unspecified atom stereocenters. The Hall–Kier alpha value is -5.48. The zero-order chi connectivity index (χ0) is 30.6. The number of furan rings is 1. The summed E-state index contributed by atoms with van der Waals surface area (Å²) < 4.78 is 50.7. The van der Waals surface area contributed by atoms with Crippen LogP contribution in [0.15, 0.2) is 132 Å². The van der Waals surface area contributed by atoms with Gasteiger partial charge in [-0.2, -0.15) is 0 Å². The van der Waals surface area contributed by atoms with E-state index >= 15 is 0 Å². The second kappa shape index (κ2) is 8.01. The molecule has 186 valence electrons. The van der Waals surface area contributed by atoms with Gasteiger partial charge in [0.1, 0.15) is 16.8 Å². The fraction of sp³-hybridized carbons (Fsp3) is 0. The molecule has 0 N–H and O–H groups in total. The lowest BCUT2D eigenvalue weighted by atomic mass is 10.0. The Morgan fingerprint density at radius 1 is 0.625 bits per heavy atom. The van der Waals surface area contributed by atoms with Crippen molar-refractivity contribution < 1.29 is 11.3 Å². The summed E-state index contributed by atoms with van der Waals surface area (Å²) in [7, 11) is 0. The number of rotatable bonds is 2. The van der Waals surface area contributed by atoms with Gasteiger partial charge in [0.2, 0.25) is 5.95 Å². The molecule has 3 aromatic heterocycles. The van der Waals surface area contributed by atoms with E-state index < -0.39 is 18.1 Å². The summed E-state index contributed by atoms with van der Waals surface area (Å²) in [4.78, 5) is 10.1.